The van der Waals surface area contributed by atoms with Gasteiger partial charge in [-0.25, -0.2) is 0 Å². The maximum Gasteiger partial charge on any atom is 0.319 e. The van der Waals surface area contributed by atoms with E-state index in [9.17, 15) is 9.59 Å². The van der Waals surface area contributed by atoms with E-state index < -0.39 is 10.7 Å². The van der Waals surface area contributed by atoms with E-state index in [2.05, 4.69) is 5.32 Å². The number of nitrogens with one attached hydrogen (secondary N) is 1. The second kappa shape index (κ2) is 7.04. The third kappa shape index (κ3) is 4.82. The van der Waals surface area contributed by atoms with E-state index in [4.69, 9.17) is 21.4 Å². The van der Waals surface area contributed by atoms with E-state index in [1.807, 2.05) is 6.92 Å². The van der Waals surface area contributed by atoms with Gasteiger partial charge < -0.3 is 15.2 Å². The van der Waals surface area contributed by atoms with Crippen molar-refractivity contribution in [2.75, 3.05) is 18.2 Å². The van der Waals surface area contributed by atoms with Gasteiger partial charge in [0.05, 0.1) is 18.6 Å². The Hall–Kier alpha value is -1.40. The molecule has 0 radical (unpaired) electrons. The second-order valence-electron chi connectivity index (χ2n) is 4.95. The number of aliphatic carboxylic acids is 1. The minimum absolute atomic E-state index is 0.0319. The van der Waals surface area contributed by atoms with Gasteiger partial charge in [0.1, 0.15) is 10.5 Å². The molecule has 1 amide bonds. The number of carboxylic acid groups (broad SMARTS) is 1. The Kier molecular flexibility index (Phi) is 5.92. The molecule has 0 bridgehead atoms. The zero-order valence-corrected chi connectivity index (χ0v) is 13.9. The van der Waals surface area contributed by atoms with Gasteiger partial charge in [-0.1, -0.05) is 11.6 Å². The Morgan fingerprint density at radius 3 is 2.57 bits per heavy atom. The van der Waals surface area contributed by atoms with Crippen LogP contribution in [0.5, 0.6) is 5.75 Å². The highest BCUT2D eigenvalue weighted by molar-refractivity contribution is 8.02. The smallest absolute Gasteiger partial charge is 0.319 e. The molecule has 0 heterocycles. The largest absolute Gasteiger partial charge is 0.495 e. The predicted octanol–water partition coefficient (Wildman–Crippen LogP) is 3.19. The highest BCUT2D eigenvalue weighted by Gasteiger charge is 2.28. The van der Waals surface area contributed by atoms with Crippen molar-refractivity contribution < 1.29 is 19.4 Å². The molecule has 0 saturated carbocycles. The number of ether oxygens (including phenoxy) is 1. The van der Waals surface area contributed by atoms with Crippen molar-refractivity contribution >= 4 is 40.9 Å². The molecule has 5 nitrogen and oxygen atoms in total. The van der Waals surface area contributed by atoms with E-state index in [0.717, 1.165) is 17.3 Å². The van der Waals surface area contributed by atoms with Crippen molar-refractivity contribution in [1.82, 2.24) is 0 Å². The molecule has 2 N–H and O–H groups in total. The van der Waals surface area contributed by atoms with Crippen molar-refractivity contribution in [2.45, 2.75) is 25.5 Å². The van der Waals surface area contributed by atoms with E-state index >= 15 is 0 Å². The summed E-state index contributed by atoms with van der Waals surface area (Å²) in [5.41, 5.74) is 1.32. The molecular weight excluding hydrogens is 314 g/mol. The lowest BCUT2D eigenvalue weighted by Gasteiger charge is -2.18. The first-order valence-electron chi connectivity index (χ1n) is 6.18. The summed E-state index contributed by atoms with van der Waals surface area (Å²) >= 11 is 7.05. The zero-order chi connectivity index (χ0) is 16.2. The lowest BCUT2D eigenvalue weighted by molar-refractivity contribution is -0.138. The lowest BCUT2D eigenvalue weighted by Crippen LogP contribution is -2.29. The fourth-order valence-electron chi connectivity index (χ4n) is 1.42. The first-order chi connectivity index (χ1) is 9.67. The second-order valence-corrected chi connectivity index (χ2v) is 6.96. The van der Waals surface area contributed by atoms with E-state index in [1.54, 1.807) is 26.0 Å². The van der Waals surface area contributed by atoms with Gasteiger partial charge in [-0.15, -0.1) is 11.8 Å². The number of halogens is 1. The summed E-state index contributed by atoms with van der Waals surface area (Å²) < 4.78 is 4.15. The topological polar surface area (TPSA) is 75.6 Å². The summed E-state index contributed by atoms with van der Waals surface area (Å²) in [6.45, 7) is 4.93. The molecule has 1 aromatic rings. The van der Waals surface area contributed by atoms with Gasteiger partial charge in [-0.05, 0) is 32.4 Å². The molecule has 7 heteroatoms. The fraction of sp³-hybridized carbons (Fsp3) is 0.429. The Labute approximate surface area is 133 Å². The van der Waals surface area contributed by atoms with Crippen LogP contribution in [0.2, 0.25) is 5.02 Å². The summed E-state index contributed by atoms with van der Waals surface area (Å²) in [6, 6.07) is 3.34. The van der Waals surface area contributed by atoms with Gasteiger partial charge in [0.25, 0.3) is 0 Å². The van der Waals surface area contributed by atoms with Crippen LogP contribution in [0.3, 0.4) is 0 Å². The number of methoxy groups -OCH3 is 1. The van der Waals surface area contributed by atoms with E-state index in [0.29, 0.717) is 16.5 Å². The third-order valence-electron chi connectivity index (χ3n) is 2.83. The van der Waals surface area contributed by atoms with Crippen LogP contribution in [-0.2, 0) is 9.59 Å². The Morgan fingerprint density at radius 2 is 2.05 bits per heavy atom. The van der Waals surface area contributed by atoms with Gasteiger partial charge in [0.15, 0.2) is 0 Å². The van der Waals surface area contributed by atoms with Gasteiger partial charge in [0.2, 0.25) is 5.91 Å². The van der Waals surface area contributed by atoms with Crippen molar-refractivity contribution in [3.8, 4) is 5.75 Å². The lowest BCUT2D eigenvalue weighted by atomic mass is 10.2. The first kappa shape index (κ1) is 17.7. The van der Waals surface area contributed by atoms with Crippen LogP contribution in [0.15, 0.2) is 12.1 Å². The van der Waals surface area contributed by atoms with Crippen LogP contribution in [0, 0.1) is 6.92 Å². The molecular formula is C14H18ClNO4S. The third-order valence-corrected chi connectivity index (χ3v) is 4.54. The zero-order valence-electron chi connectivity index (χ0n) is 12.3. The molecule has 0 spiro atoms. The number of carbonyl (C=O) groups is 2. The van der Waals surface area contributed by atoms with Gasteiger partial charge in [-0.3, -0.25) is 9.59 Å². The molecule has 21 heavy (non-hydrogen) atoms. The highest BCUT2D eigenvalue weighted by Crippen LogP contribution is 2.31. The number of carbonyl (C=O) groups excluding carboxylic acids is 1. The first-order valence-corrected chi connectivity index (χ1v) is 7.55. The molecule has 116 valence electrons. The van der Waals surface area contributed by atoms with Crippen molar-refractivity contribution in [2.24, 2.45) is 0 Å². The van der Waals surface area contributed by atoms with Crippen LogP contribution >= 0.6 is 23.4 Å². The SMILES string of the molecule is COc1cc(Cl)c(C)cc1NC(=O)CSC(C)(C)C(=O)O. The number of aryl methyl sites for hydroxylation is 1. The summed E-state index contributed by atoms with van der Waals surface area (Å²) in [6.07, 6.45) is 0. The quantitative estimate of drug-likeness (QED) is 0.837. The number of hydrogen-bond donors (Lipinski definition) is 2. The Balaban J connectivity index is 2.76. The maximum atomic E-state index is 11.9. The van der Waals surface area contributed by atoms with E-state index in [-0.39, 0.29) is 11.7 Å². The molecule has 0 aromatic heterocycles. The van der Waals surface area contributed by atoms with Gasteiger partial charge in [-0.2, -0.15) is 0 Å². The summed E-state index contributed by atoms with van der Waals surface area (Å²) in [7, 11) is 1.49. The number of carboxylic acids is 1. The van der Waals surface area contributed by atoms with Crippen LogP contribution in [0.1, 0.15) is 19.4 Å². The minimum atomic E-state index is -1.02. The summed E-state index contributed by atoms with van der Waals surface area (Å²) in [5, 5.41) is 12.3. The predicted molar refractivity (Wildman–Crippen MR) is 85.5 cm³/mol. The molecule has 0 atom stereocenters. The molecule has 0 saturated heterocycles. The number of hydrogen-bond acceptors (Lipinski definition) is 4. The normalized spacial score (nSPS) is 11.1. The monoisotopic (exact) mass is 331 g/mol. The average molecular weight is 332 g/mol. The van der Waals surface area contributed by atoms with Crippen molar-refractivity contribution in [3.05, 3.63) is 22.7 Å². The van der Waals surface area contributed by atoms with Crippen LogP contribution < -0.4 is 10.1 Å². The number of anilines is 1. The minimum Gasteiger partial charge on any atom is -0.495 e. The van der Waals surface area contributed by atoms with Crippen LogP contribution in [-0.4, -0.2) is 34.6 Å². The Bertz CT molecular complexity index is 560. The molecule has 0 unspecified atom stereocenters. The molecule has 0 aliphatic heterocycles. The fourth-order valence-corrected chi connectivity index (χ4v) is 2.27. The van der Waals surface area contributed by atoms with Gasteiger partial charge >= 0.3 is 5.97 Å². The molecule has 1 aromatic carbocycles. The van der Waals surface area contributed by atoms with Crippen molar-refractivity contribution in [1.29, 1.82) is 0 Å². The highest BCUT2D eigenvalue weighted by atomic mass is 35.5. The molecule has 1 rings (SSSR count). The summed E-state index contributed by atoms with van der Waals surface area (Å²) in [5.74, 6) is -0.763. The van der Waals surface area contributed by atoms with Crippen molar-refractivity contribution in [3.63, 3.8) is 0 Å². The molecule has 0 fully saturated rings. The van der Waals surface area contributed by atoms with Gasteiger partial charge in [0, 0.05) is 11.1 Å². The standard InChI is InChI=1S/C14H18ClNO4S/c1-8-5-10(11(20-4)6-9(8)15)16-12(17)7-21-14(2,3)13(18)19/h5-6H,7H2,1-4H3,(H,16,17)(H,18,19). The Morgan fingerprint density at radius 1 is 1.43 bits per heavy atom. The van der Waals surface area contributed by atoms with E-state index in [1.165, 1.54) is 7.11 Å². The molecule has 0 aliphatic rings. The number of rotatable bonds is 6. The summed E-state index contributed by atoms with van der Waals surface area (Å²) in [4.78, 5) is 22.9. The molecule has 0 aliphatic carbocycles. The average Bonchev–Trinajstić information content (AvgIpc) is 2.40. The number of thioether (sulfide) groups is 1. The maximum absolute atomic E-state index is 11.9. The number of benzene rings is 1. The van der Waals surface area contributed by atoms with Crippen LogP contribution in [0.4, 0.5) is 5.69 Å². The number of amides is 1. The van der Waals surface area contributed by atoms with Crippen LogP contribution in [0.25, 0.3) is 0 Å².